The summed E-state index contributed by atoms with van der Waals surface area (Å²) in [6.45, 7) is 3.86. The van der Waals surface area contributed by atoms with Gasteiger partial charge < -0.3 is 44.0 Å². The molecule has 3 N–H and O–H groups in total. The smallest absolute Gasteiger partial charge is 0.308 e. The van der Waals surface area contributed by atoms with Crippen LogP contribution in [0.25, 0.3) is 0 Å². The van der Waals surface area contributed by atoms with E-state index in [1.165, 1.54) is 6.07 Å². The highest BCUT2D eigenvalue weighted by atomic mass is 16.7. The molecular weight excluding hydrogens is 486 g/mol. The summed E-state index contributed by atoms with van der Waals surface area (Å²) in [5.41, 5.74) is -3.20. The Labute approximate surface area is 203 Å². The Hall–Kier alpha value is -3.91. The molecule has 2 aliphatic heterocycles. The number of benzene rings is 1. The van der Waals surface area contributed by atoms with Gasteiger partial charge in [0.1, 0.15) is 17.7 Å². The minimum absolute atomic E-state index is 0.0192. The van der Waals surface area contributed by atoms with Crippen LogP contribution in [0.4, 0.5) is 0 Å². The molecule has 1 aromatic carbocycles. The Kier molecular flexibility index (Phi) is 6.26. The molecule has 1 aliphatic carbocycles. The summed E-state index contributed by atoms with van der Waals surface area (Å²) in [7, 11) is 0. The van der Waals surface area contributed by atoms with Crippen LogP contribution in [0.5, 0.6) is 17.2 Å². The van der Waals surface area contributed by atoms with E-state index in [0.717, 1.165) is 27.7 Å². The molecule has 14 heteroatoms. The van der Waals surface area contributed by atoms with E-state index < -0.39 is 65.8 Å². The third kappa shape index (κ3) is 3.97. The lowest BCUT2D eigenvalue weighted by atomic mass is 9.66. The zero-order valence-electron chi connectivity index (χ0n) is 19.6. The lowest BCUT2D eigenvalue weighted by Gasteiger charge is -2.54. The molecule has 1 saturated carbocycles. The van der Waals surface area contributed by atoms with Gasteiger partial charge in [0.2, 0.25) is 12.5 Å². The molecule has 1 amide bonds. The van der Waals surface area contributed by atoms with Crippen LogP contribution in [0.1, 0.15) is 43.6 Å². The lowest BCUT2D eigenvalue weighted by molar-refractivity contribution is -0.256. The van der Waals surface area contributed by atoms with Crippen molar-refractivity contribution in [1.29, 1.82) is 0 Å². The zero-order chi connectivity index (χ0) is 26.5. The molecule has 0 spiro atoms. The summed E-state index contributed by atoms with van der Waals surface area (Å²) in [5.74, 6) is -4.88. The summed E-state index contributed by atoms with van der Waals surface area (Å²) in [6, 6.07) is -0.417. The fourth-order valence-corrected chi connectivity index (χ4v) is 4.74. The number of rotatable bonds is 4. The molecule has 2 heterocycles. The van der Waals surface area contributed by atoms with E-state index in [4.69, 9.17) is 28.4 Å². The van der Waals surface area contributed by atoms with Crippen LogP contribution < -0.4 is 19.5 Å². The molecule has 0 bridgehead atoms. The summed E-state index contributed by atoms with van der Waals surface area (Å²) in [5, 5.41) is 25.8. The minimum Gasteiger partial charge on any atom is -0.456 e. The molecule has 0 unspecified atom stereocenters. The standard InChI is InChI=1S/C22H23NO13/c1-7(24)33-15-13-11(5-12-14(15)32-6-31-12)22(30)19(23-21(13)29)17(35-9(3)26)16(34-8(2)25)18(20(22)28)36-10(4)27/h5,16-20,28,30H,6H2,1-4H3,(H,23,29)/t16-,17+,18+,19-,20-,22+/m0/s1. The largest absolute Gasteiger partial charge is 0.456 e. The summed E-state index contributed by atoms with van der Waals surface area (Å²) in [6.07, 6.45) is -7.03. The molecule has 0 aromatic heterocycles. The van der Waals surface area contributed by atoms with E-state index in [1.54, 1.807) is 0 Å². The van der Waals surface area contributed by atoms with Crippen LogP contribution in [0.3, 0.4) is 0 Å². The Morgan fingerprint density at radius 2 is 1.53 bits per heavy atom. The van der Waals surface area contributed by atoms with Gasteiger partial charge in [0.25, 0.3) is 5.91 Å². The van der Waals surface area contributed by atoms with Gasteiger partial charge in [0, 0.05) is 33.3 Å². The van der Waals surface area contributed by atoms with Crippen LogP contribution in [0.15, 0.2) is 6.07 Å². The monoisotopic (exact) mass is 509 g/mol. The summed E-state index contributed by atoms with van der Waals surface area (Å²) < 4.78 is 31.6. The van der Waals surface area contributed by atoms with Crippen LogP contribution in [-0.4, -0.2) is 77.2 Å². The molecule has 4 rings (SSSR count). The molecule has 14 nitrogen and oxygen atoms in total. The number of hydrogen-bond donors (Lipinski definition) is 3. The molecule has 1 fully saturated rings. The van der Waals surface area contributed by atoms with Crippen molar-refractivity contribution in [2.45, 2.75) is 63.8 Å². The average Bonchev–Trinajstić information content (AvgIpc) is 3.23. The maximum atomic E-state index is 13.3. The highest BCUT2D eigenvalue weighted by molar-refractivity contribution is 6.03. The second kappa shape index (κ2) is 8.95. The third-order valence-corrected chi connectivity index (χ3v) is 5.93. The molecule has 36 heavy (non-hydrogen) atoms. The second-order valence-corrected chi connectivity index (χ2v) is 8.40. The third-order valence-electron chi connectivity index (χ3n) is 5.93. The predicted molar refractivity (Wildman–Crippen MR) is 112 cm³/mol. The first kappa shape index (κ1) is 25.2. The molecule has 0 saturated heterocycles. The highest BCUT2D eigenvalue weighted by Crippen LogP contribution is 2.53. The average molecular weight is 509 g/mol. The quantitative estimate of drug-likeness (QED) is 0.249. The number of nitrogens with one attached hydrogen (secondary N) is 1. The van der Waals surface area contributed by atoms with Gasteiger partial charge in [-0.05, 0) is 6.07 Å². The number of carbonyl (C=O) groups excluding carboxylic acids is 5. The number of esters is 4. The van der Waals surface area contributed by atoms with Gasteiger partial charge >= 0.3 is 23.9 Å². The van der Waals surface area contributed by atoms with Crippen LogP contribution in [0.2, 0.25) is 0 Å². The van der Waals surface area contributed by atoms with Crippen molar-refractivity contribution >= 4 is 29.8 Å². The Morgan fingerprint density at radius 1 is 0.944 bits per heavy atom. The van der Waals surface area contributed by atoms with Gasteiger partial charge in [-0.25, -0.2) is 0 Å². The van der Waals surface area contributed by atoms with Crippen molar-refractivity contribution in [1.82, 2.24) is 5.32 Å². The summed E-state index contributed by atoms with van der Waals surface area (Å²) in [4.78, 5) is 60.8. The van der Waals surface area contributed by atoms with E-state index in [9.17, 15) is 34.2 Å². The number of ether oxygens (including phenoxy) is 6. The van der Waals surface area contributed by atoms with Crippen molar-refractivity contribution in [3.05, 3.63) is 17.2 Å². The van der Waals surface area contributed by atoms with E-state index in [0.29, 0.717) is 0 Å². The Balaban J connectivity index is 1.98. The van der Waals surface area contributed by atoms with Gasteiger partial charge in [-0.3, -0.25) is 24.0 Å². The fraction of sp³-hybridized carbons (Fsp3) is 0.500. The predicted octanol–water partition coefficient (Wildman–Crippen LogP) is -1.19. The second-order valence-electron chi connectivity index (χ2n) is 8.40. The van der Waals surface area contributed by atoms with Crippen LogP contribution in [-0.2, 0) is 39.0 Å². The minimum atomic E-state index is -2.53. The number of aliphatic hydroxyl groups is 2. The SMILES string of the molecule is CC(=O)Oc1c2c(cc3c1C(=O)N[C@H]1[C@H](OC(C)=O)[C@H](OC(C)=O)[C@@H](OC(C)=O)[C@H](O)[C@@]31O)OCO2. The van der Waals surface area contributed by atoms with Crippen molar-refractivity contribution in [2.24, 2.45) is 0 Å². The maximum absolute atomic E-state index is 13.3. The lowest BCUT2D eigenvalue weighted by Crippen LogP contribution is -2.76. The molecule has 0 radical (unpaired) electrons. The number of fused-ring (bicyclic) bond motifs is 4. The van der Waals surface area contributed by atoms with Crippen LogP contribution in [0, 0.1) is 0 Å². The zero-order valence-corrected chi connectivity index (χ0v) is 19.6. The van der Waals surface area contributed by atoms with Crippen molar-refractivity contribution in [3.63, 3.8) is 0 Å². The number of hydrogen-bond acceptors (Lipinski definition) is 13. The van der Waals surface area contributed by atoms with Gasteiger partial charge in [-0.15, -0.1) is 0 Å². The molecule has 6 atom stereocenters. The first-order valence-electron chi connectivity index (χ1n) is 10.7. The highest BCUT2D eigenvalue weighted by Gasteiger charge is 2.67. The van der Waals surface area contributed by atoms with Gasteiger partial charge in [-0.2, -0.15) is 0 Å². The number of aliphatic hydroxyl groups excluding tert-OH is 1. The first-order valence-corrected chi connectivity index (χ1v) is 10.7. The Bertz CT molecular complexity index is 1160. The topological polar surface area (TPSA) is 193 Å². The van der Waals surface area contributed by atoms with Gasteiger partial charge in [0.15, 0.2) is 29.8 Å². The first-order chi connectivity index (χ1) is 16.9. The van der Waals surface area contributed by atoms with Crippen LogP contribution >= 0.6 is 0 Å². The molecular formula is C22H23NO13. The van der Waals surface area contributed by atoms with Crippen molar-refractivity contribution < 1.29 is 62.6 Å². The maximum Gasteiger partial charge on any atom is 0.308 e. The van der Waals surface area contributed by atoms with Crippen molar-refractivity contribution in [3.8, 4) is 17.2 Å². The van der Waals surface area contributed by atoms with E-state index in [1.807, 2.05) is 0 Å². The van der Waals surface area contributed by atoms with E-state index >= 15 is 0 Å². The van der Waals surface area contributed by atoms with E-state index in [2.05, 4.69) is 5.32 Å². The summed E-state index contributed by atoms with van der Waals surface area (Å²) >= 11 is 0. The number of amides is 1. The van der Waals surface area contributed by atoms with Crippen molar-refractivity contribution in [2.75, 3.05) is 6.79 Å². The normalized spacial score (nSPS) is 29.7. The number of carbonyl (C=O) groups is 5. The van der Waals surface area contributed by atoms with E-state index in [-0.39, 0.29) is 35.2 Å². The molecule has 3 aliphatic rings. The van der Waals surface area contributed by atoms with Gasteiger partial charge in [-0.1, -0.05) is 0 Å². The molecule has 194 valence electrons. The van der Waals surface area contributed by atoms with Gasteiger partial charge in [0.05, 0.1) is 5.56 Å². The molecule has 1 aromatic rings. The Morgan fingerprint density at radius 3 is 2.11 bits per heavy atom. The fourth-order valence-electron chi connectivity index (χ4n) is 4.74.